The Labute approximate surface area is 171 Å². The first-order valence-electron chi connectivity index (χ1n) is 8.93. The van der Waals surface area contributed by atoms with E-state index in [1.165, 1.54) is 12.3 Å². The minimum Gasteiger partial charge on any atom is -0.437 e. The molecule has 0 N–H and O–H groups in total. The summed E-state index contributed by atoms with van der Waals surface area (Å²) in [5.74, 6) is 0.557. The summed E-state index contributed by atoms with van der Waals surface area (Å²) in [6, 6.07) is 13.5. The molecule has 0 aliphatic rings. The van der Waals surface area contributed by atoms with Gasteiger partial charge in [-0.2, -0.15) is 18.3 Å². The second-order valence-electron chi connectivity index (χ2n) is 6.27. The monoisotopic (exact) mass is 413 g/mol. The Morgan fingerprint density at radius 1 is 1.07 bits per heavy atom. The minimum absolute atomic E-state index is 0.107. The summed E-state index contributed by atoms with van der Waals surface area (Å²) in [7, 11) is 0. The van der Waals surface area contributed by atoms with Crippen LogP contribution in [0.3, 0.4) is 0 Å². The Kier molecular flexibility index (Phi) is 6.46. The van der Waals surface area contributed by atoms with E-state index in [0.29, 0.717) is 29.2 Å². The molecule has 0 fully saturated rings. The first kappa shape index (κ1) is 21.0. The van der Waals surface area contributed by atoms with Crippen molar-refractivity contribution in [3.63, 3.8) is 0 Å². The number of nitrogens with zero attached hydrogens (tertiary/aromatic N) is 3. The largest absolute Gasteiger partial charge is 0.437 e. The van der Waals surface area contributed by atoms with Crippen LogP contribution in [0.4, 0.5) is 13.2 Å². The maximum atomic E-state index is 13.1. The van der Waals surface area contributed by atoms with Crippen LogP contribution in [-0.2, 0) is 11.0 Å². The van der Waals surface area contributed by atoms with Crippen LogP contribution in [0, 0.1) is 6.92 Å². The van der Waals surface area contributed by atoms with Crippen LogP contribution in [0.2, 0.25) is 0 Å². The van der Waals surface area contributed by atoms with Gasteiger partial charge in [-0.3, -0.25) is 0 Å². The molecule has 30 heavy (non-hydrogen) atoms. The van der Waals surface area contributed by atoms with E-state index in [-0.39, 0.29) is 5.88 Å². The summed E-state index contributed by atoms with van der Waals surface area (Å²) in [4.78, 5) is 4.94. The molecule has 2 aromatic carbocycles. The molecule has 0 aliphatic heterocycles. The fourth-order valence-electron chi connectivity index (χ4n) is 2.55. The number of hydrogen-bond donors (Lipinski definition) is 0. The molecule has 0 saturated carbocycles. The van der Waals surface area contributed by atoms with Crippen LogP contribution in [0.15, 0.2) is 72.4 Å². The van der Waals surface area contributed by atoms with Crippen LogP contribution >= 0.6 is 0 Å². The lowest BCUT2D eigenvalue weighted by Gasteiger charge is -2.12. The van der Waals surface area contributed by atoms with Crippen LogP contribution in [0.25, 0.3) is 11.1 Å². The number of hydrogen-bond acceptors (Lipinski definition) is 5. The molecule has 5 nitrogen and oxygen atoms in total. The number of rotatable bonds is 7. The van der Waals surface area contributed by atoms with Gasteiger partial charge in [0.1, 0.15) is 12.4 Å². The lowest BCUT2D eigenvalue weighted by molar-refractivity contribution is -0.137. The third-order valence-corrected chi connectivity index (χ3v) is 3.95. The lowest BCUT2D eigenvalue weighted by Crippen LogP contribution is -2.05. The van der Waals surface area contributed by atoms with Crippen molar-refractivity contribution in [1.29, 1.82) is 0 Å². The van der Waals surface area contributed by atoms with Crippen molar-refractivity contribution in [3.05, 3.63) is 84.1 Å². The fourth-order valence-corrected chi connectivity index (χ4v) is 2.55. The minimum atomic E-state index is -4.45. The number of oxime groups is 1. The lowest BCUT2D eigenvalue weighted by atomic mass is 10.0. The van der Waals surface area contributed by atoms with Crippen molar-refractivity contribution in [2.45, 2.75) is 13.1 Å². The van der Waals surface area contributed by atoms with Crippen LogP contribution in [-0.4, -0.2) is 23.0 Å². The highest BCUT2D eigenvalue weighted by molar-refractivity contribution is 5.79. The van der Waals surface area contributed by atoms with Gasteiger partial charge in [0.15, 0.2) is 0 Å². The molecule has 0 spiro atoms. The SMILES string of the molecule is C=CCO/N=C/c1ccc(Oc2nnc(C)cc2-c2cccc(C(F)(F)F)c2)cc1. The van der Waals surface area contributed by atoms with Gasteiger partial charge < -0.3 is 9.57 Å². The molecule has 0 saturated heterocycles. The van der Waals surface area contributed by atoms with E-state index in [9.17, 15) is 13.2 Å². The third kappa shape index (κ3) is 5.44. The van der Waals surface area contributed by atoms with E-state index in [4.69, 9.17) is 9.57 Å². The predicted molar refractivity (Wildman–Crippen MR) is 107 cm³/mol. The van der Waals surface area contributed by atoms with E-state index >= 15 is 0 Å². The van der Waals surface area contributed by atoms with Gasteiger partial charge in [0.25, 0.3) is 0 Å². The molecule has 3 rings (SSSR count). The van der Waals surface area contributed by atoms with Gasteiger partial charge in [-0.25, -0.2) is 0 Å². The van der Waals surface area contributed by atoms with Gasteiger partial charge in [0.2, 0.25) is 5.88 Å². The number of aryl methyl sites for hydroxylation is 1. The van der Waals surface area contributed by atoms with Gasteiger partial charge in [0.05, 0.1) is 17.5 Å². The number of aromatic nitrogens is 2. The van der Waals surface area contributed by atoms with Gasteiger partial charge in [-0.1, -0.05) is 29.9 Å². The molecule has 1 heterocycles. The zero-order chi connectivity index (χ0) is 21.6. The van der Waals surface area contributed by atoms with Crippen molar-refractivity contribution in [1.82, 2.24) is 10.2 Å². The van der Waals surface area contributed by atoms with Gasteiger partial charge in [-0.05, 0) is 60.5 Å². The molecular weight excluding hydrogens is 395 g/mol. The molecular formula is C22H18F3N3O2. The molecule has 3 aromatic rings. The third-order valence-electron chi connectivity index (χ3n) is 3.95. The Balaban J connectivity index is 1.86. The topological polar surface area (TPSA) is 56.6 Å². The first-order valence-corrected chi connectivity index (χ1v) is 8.93. The van der Waals surface area contributed by atoms with Crippen molar-refractivity contribution < 1.29 is 22.7 Å². The Hall–Kier alpha value is -3.68. The number of ether oxygens (including phenoxy) is 1. The van der Waals surface area contributed by atoms with E-state index < -0.39 is 11.7 Å². The molecule has 0 atom stereocenters. The highest BCUT2D eigenvalue weighted by Crippen LogP contribution is 2.36. The van der Waals surface area contributed by atoms with E-state index in [2.05, 4.69) is 21.9 Å². The smallest absolute Gasteiger partial charge is 0.416 e. The molecule has 0 amide bonds. The summed E-state index contributed by atoms with van der Waals surface area (Å²) in [5, 5.41) is 11.8. The maximum absolute atomic E-state index is 13.1. The van der Waals surface area contributed by atoms with Crippen LogP contribution in [0.5, 0.6) is 11.6 Å². The standard InChI is InChI=1S/C22H18F3N3O2/c1-3-11-29-26-14-16-7-9-19(10-8-16)30-21-20(12-15(2)27-28-21)17-5-4-6-18(13-17)22(23,24)25/h3-10,12-14H,1,11H2,2H3/b26-14+. The number of alkyl halides is 3. The van der Waals surface area contributed by atoms with E-state index in [1.54, 1.807) is 49.4 Å². The first-order chi connectivity index (χ1) is 14.4. The fraction of sp³-hybridized carbons (Fsp3) is 0.136. The van der Waals surface area contributed by atoms with Crippen molar-refractivity contribution >= 4 is 6.21 Å². The Bertz CT molecular complexity index is 1050. The molecule has 154 valence electrons. The highest BCUT2D eigenvalue weighted by Gasteiger charge is 2.30. The molecule has 1 aromatic heterocycles. The average molecular weight is 413 g/mol. The summed E-state index contributed by atoms with van der Waals surface area (Å²) in [6.45, 7) is 5.54. The molecule has 0 unspecified atom stereocenters. The zero-order valence-corrected chi connectivity index (χ0v) is 16.1. The predicted octanol–water partition coefficient (Wildman–Crippen LogP) is 5.80. The van der Waals surface area contributed by atoms with Crippen molar-refractivity contribution in [2.24, 2.45) is 5.16 Å². The maximum Gasteiger partial charge on any atom is 0.416 e. The quantitative estimate of drug-likeness (QED) is 0.213. The van der Waals surface area contributed by atoms with Crippen molar-refractivity contribution in [2.75, 3.05) is 6.61 Å². The zero-order valence-electron chi connectivity index (χ0n) is 16.1. The Morgan fingerprint density at radius 2 is 1.83 bits per heavy atom. The second-order valence-corrected chi connectivity index (χ2v) is 6.27. The van der Waals surface area contributed by atoms with Crippen LogP contribution < -0.4 is 4.74 Å². The van der Waals surface area contributed by atoms with Crippen LogP contribution in [0.1, 0.15) is 16.8 Å². The molecule has 0 aliphatic carbocycles. The second kappa shape index (κ2) is 9.21. The average Bonchev–Trinajstić information content (AvgIpc) is 2.73. The van der Waals surface area contributed by atoms with Crippen molar-refractivity contribution in [3.8, 4) is 22.8 Å². The van der Waals surface area contributed by atoms with E-state index in [0.717, 1.165) is 17.7 Å². The van der Waals surface area contributed by atoms with Gasteiger partial charge >= 0.3 is 6.18 Å². The summed E-state index contributed by atoms with van der Waals surface area (Å²) in [6.07, 6.45) is -1.33. The summed E-state index contributed by atoms with van der Waals surface area (Å²) >= 11 is 0. The molecule has 0 radical (unpaired) electrons. The van der Waals surface area contributed by atoms with Gasteiger partial charge in [-0.15, -0.1) is 5.10 Å². The molecule has 0 bridgehead atoms. The Morgan fingerprint density at radius 3 is 2.53 bits per heavy atom. The molecule has 8 heteroatoms. The summed E-state index contributed by atoms with van der Waals surface area (Å²) in [5.41, 5.74) is 1.33. The number of benzene rings is 2. The summed E-state index contributed by atoms with van der Waals surface area (Å²) < 4.78 is 45.1. The normalized spacial score (nSPS) is 11.5. The van der Waals surface area contributed by atoms with E-state index in [1.807, 2.05) is 0 Å². The van der Waals surface area contributed by atoms with Gasteiger partial charge in [0, 0.05) is 5.56 Å². The highest BCUT2D eigenvalue weighted by atomic mass is 19.4. The number of halogens is 3.